The van der Waals surface area contributed by atoms with Crippen molar-refractivity contribution < 1.29 is 14.0 Å². The highest BCUT2D eigenvalue weighted by Gasteiger charge is 2.26. The number of anilines is 1. The van der Waals surface area contributed by atoms with E-state index >= 15 is 0 Å². The first-order valence-corrected chi connectivity index (χ1v) is 8.31. The van der Waals surface area contributed by atoms with Crippen LogP contribution in [0.2, 0.25) is 0 Å². The van der Waals surface area contributed by atoms with E-state index in [9.17, 15) is 9.59 Å². The number of amides is 2. The molecule has 2 aromatic rings. The van der Waals surface area contributed by atoms with Gasteiger partial charge in [0.05, 0.1) is 16.1 Å². The molecule has 1 fully saturated rings. The summed E-state index contributed by atoms with van der Waals surface area (Å²) < 4.78 is 5.07. The molecule has 0 spiro atoms. The van der Waals surface area contributed by atoms with Crippen LogP contribution in [0, 0.1) is 6.92 Å². The van der Waals surface area contributed by atoms with E-state index in [2.05, 4.69) is 10.6 Å². The Kier molecular flexibility index (Phi) is 4.49. The van der Waals surface area contributed by atoms with Crippen molar-refractivity contribution in [1.82, 2.24) is 10.2 Å². The van der Waals surface area contributed by atoms with Crippen LogP contribution in [0.3, 0.4) is 0 Å². The van der Waals surface area contributed by atoms with Crippen LogP contribution in [0.1, 0.15) is 32.2 Å². The van der Waals surface area contributed by atoms with Crippen molar-refractivity contribution in [1.29, 1.82) is 0 Å². The molecule has 23 heavy (non-hydrogen) atoms. The first kappa shape index (κ1) is 15.8. The predicted octanol–water partition coefficient (Wildman–Crippen LogP) is 2.34. The number of carbonyl (C=O) groups is 2. The number of rotatable bonds is 4. The maximum Gasteiger partial charge on any atom is 0.291 e. The van der Waals surface area contributed by atoms with Gasteiger partial charge in [-0.25, -0.2) is 0 Å². The van der Waals surface area contributed by atoms with Crippen LogP contribution >= 0.6 is 11.3 Å². The summed E-state index contributed by atoms with van der Waals surface area (Å²) in [5.74, 6) is -0.0682. The Morgan fingerprint density at radius 2 is 2.30 bits per heavy atom. The van der Waals surface area contributed by atoms with E-state index in [0.717, 1.165) is 25.1 Å². The smallest absolute Gasteiger partial charge is 0.291 e. The van der Waals surface area contributed by atoms with Crippen molar-refractivity contribution in [3.63, 3.8) is 0 Å². The summed E-state index contributed by atoms with van der Waals surface area (Å²) in [6.07, 6.45) is 2.42. The van der Waals surface area contributed by atoms with Crippen molar-refractivity contribution in [3.8, 4) is 0 Å². The lowest BCUT2D eigenvalue weighted by atomic mass is 10.2. The van der Waals surface area contributed by atoms with Crippen LogP contribution in [-0.4, -0.2) is 42.9 Å². The summed E-state index contributed by atoms with van der Waals surface area (Å²) in [4.78, 5) is 27.1. The fourth-order valence-corrected chi connectivity index (χ4v) is 3.68. The van der Waals surface area contributed by atoms with E-state index in [1.807, 2.05) is 20.0 Å². The van der Waals surface area contributed by atoms with E-state index in [0.29, 0.717) is 9.88 Å². The normalized spacial score (nSPS) is 17.2. The molecule has 2 aromatic heterocycles. The molecule has 0 aromatic carbocycles. The Balaban J connectivity index is 1.72. The van der Waals surface area contributed by atoms with Crippen LogP contribution in [0.4, 0.5) is 5.00 Å². The maximum atomic E-state index is 12.7. The van der Waals surface area contributed by atoms with E-state index in [-0.39, 0.29) is 23.6 Å². The molecule has 0 radical (unpaired) electrons. The Hall–Kier alpha value is -2.12. The number of carbonyl (C=O) groups excluding carboxylic acids is 2. The molecule has 2 N–H and O–H groups in total. The molecule has 0 aliphatic carbocycles. The highest BCUT2D eigenvalue weighted by molar-refractivity contribution is 7.18. The monoisotopic (exact) mass is 333 g/mol. The Morgan fingerprint density at radius 1 is 1.48 bits per heavy atom. The molecule has 0 bridgehead atoms. The van der Waals surface area contributed by atoms with Gasteiger partial charge in [-0.1, -0.05) is 0 Å². The van der Waals surface area contributed by atoms with Crippen LogP contribution in [0.25, 0.3) is 0 Å². The lowest BCUT2D eigenvalue weighted by Gasteiger charge is -2.23. The summed E-state index contributed by atoms with van der Waals surface area (Å²) in [7, 11) is 1.83. The van der Waals surface area contributed by atoms with Crippen LogP contribution < -0.4 is 10.6 Å². The highest BCUT2D eigenvalue weighted by Crippen LogP contribution is 2.29. The third-order valence-electron chi connectivity index (χ3n) is 4.00. The van der Waals surface area contributed by atoms with Gasteiger partial charge in [-0.2, -0.15) is 0 Å². The maximum absolute atomic E-state index is 12.7. The van der Waals surface area contributed by atoms with Gasteiger partial charge in [0.25, 0.3) is 11.8 Å². The average Bonchev–Trinajstić information content (AvgIpc) is 3.27. The average molecular weight is 333 g/mol. The van der Waals surface area contributed by atoms with Crippen LogP contribution in [-0.2, 0) is 0 Å². The minimum atomic E-state index is -0.316. The van der Waals surface area contributed by atoms with Crippen molar-refractivity contribution in [2.45, 2.75) is 19.4 Å². The minimum absolute atomic E-state index is 0.000280. The lowest BCUT2D eigenvalue weighted by molar-refractivity contribution is 0.0748. The molecule has 1 unspecified atom stereocenters. The standard InChI is InChI=1S/C16H19N3O3S/c1-10-8-13(18-15(20)12-4-3-7-22-12)23-14(10)16(21)19(2)11-5-6-17-9-11/h3-4,7-8,11,17H,5-6,9H2,1-2H3,(H,18,20). The SMILES string of the molecule is Cc1cc(NC(=O)c2ccco2)sc1C(=O)N(C)C1CCNC1. The Labute approximate surface area is 138 Å². The van der Waals surface area contributed by atoms with Crippen molar-refractivity contribution in [2.75, 3.05) is 25.5 Å². The van der Waals surface area contributed by atoms with Crippen LogP contribution in [0.15, 0.2) is 28.9 Å². The summed E-state index contributed by atoms with van der Waals surface area (Å²) in [5, 5.41) is 6.68. The first-order valence-electron chi connectivity index (χ1n) is 7.49. The first-order chi connectivity index (χ1) is 11.1. The molecule has 1 atom stereocenters. The van der Waals surface area contributed by atoms with Gasteiger partial charge in [0.2, 0.25) is 0 Å². The molecule has 122 valence electrons. The molecule has 7 heteroatoms. The van der Waals surface area contributed by atoms with Gasteiger partial charge in [-0.3, -0.25) is 9.59 Å². The zero-order chi connectivity index (χ0) is 16.4. The molecule has 1 aliphatic heterocycles. The van der Waals surface area contributed by atoms with E-state index < -0.39 is 0 Å². The number of nitrogens with zero attached hydrogens (tertiary/aromatic N) is 1. The quantitative estimate of drug-likeness (QED) is 0.900. The third-order valence-corrected chi connectivity index (χ3v) is 5.14. The zero-order valence-electron chi connectivity index (χ0n) is 13.1. The van der Waals surface area contributed by atoms with Crippen molar-refractivity contribution in [3.05, 3.63) is 40.7 Å². The largest absolute Gasteiger partial charge is 0.459 e. The minimum Gasteiger partial charge on any atom is -0.459 e. The molecule has 6 nitrogen and oxygen atoms in total. The van der Waals surface area contributed by atoms with E-state index in [1.54, 1.807) is 17.0 Å². The molecule has 3 rings (SSSR count). The molecule has 1 aliphatic rings. The van der Waals surface area contributed by atoms with E-state index in [1.165, 1.54) is 17.6 Å². The molecule has 0 saturated carbocycles. The summed E-state index contributed by atoms with van der Waals surface area (Å²) in [6.45, 7) is 3.65. The lowest BCUT2D eigenvalue weighted by Crippen LogP contribution is -2.38. The molecule has 2 amide bonds. The van der Waals surface area contributed by atoms with Crippen LogP contribution in [0.5, 0.6) is 0 Å². The number of likely N-dealkylation sites (N-methyl/N-ethyl adjacent to an activating group) is 1. The summed E-state index contributed by atoms with van der Waals surface area (Å²) >= 11 is 1.30. The predicted molar refractivity (Wildman–Crippen MR) is 89.1 cm³/mol. The second-order valence-corrected chi connectivity index (χ2v) is 6.67. The van der Waals surface area contributed by atoms with Gasteiger partial charge < -0.3 is 20.0 Å². The van der Waals surface area contributed by atoms with Gasteiger partial charge in [0.15, 0.2) is 5.76 Å². The number of hydrogen-bond acceptors (Lipinski definition) is 5. The van der Waals surface area contributed by atoms with Gasteiger partial charge in [-0.15, -0.1) is 11.3 Å². The molecule has 1 saturated heterocycles. The van der Waals surface area contributed by atoms with Gasteiger partial charge in [0, 0.05) is 19.6 Å². The second kappa shape index (κ2) is 6.55. The van der Waals surface area contributed by atoms with Gasteiger partial charge in [0.1, 0.15) is 0 Å². The van der Waals surface area contributed by atoms with Gasteiger partial charge in [-0.05, 0) is 43.7 Å². The summed E-state index contributed by atoms with van der Waals surface area (Å²) in [6, 6.07) is 5.31. The zero-order valence-corrected chi connectivity index (χ0v) is 13.9. The topological polar surface area (TPSA) is 74.6 Å². The van der Waals surface area contributed by atoms with Crippen molar-refractivity contribution in [2.24, 2.45) is 0 Å². The number of hydrogen-bond donors (Lipinski definition) is 2. The van der Waals surface area contributed by atoms with Gasteiger partial charge >= 0.3 is 0 Å². The fourth-order valence-electron chi connectivity index (χ4n) is 2.63. The second-order valence-electron chi connectivity index (χ2n) is 5.62. The molecular weight excluding hydrogens is 314 g/mol. The molecular formula is C16H19N3O3S. The number of aryl methyl sites for hydroxylation is 1. The summed E-state index contributed by atoms with van der Waals surface area (Å²) in [5.41, 5.74) is 0.868. The van der Waals surface area contributed by atoms with Crippen molar-refractivity contribution >= 4 is 28.2 Å². The molecule has 3 heterocycles. The number of nitrogens with one attached hydrogen (secondary N) is 2. The fraction of sp³-hybridized carbons (Fsp3) is 0.375. The Bertz CT molecular complexity index is 702. The van der Waals surface area contributed by atoms with E-state index in [4.69, 9.17) is 4.42 Å². The number of thiophene rings is 1. The Morgan fingerprint density at radius 3 is 2.96 bits per heavy atom. The third kappa shape index (κ3) is 3.30. The number of furan rings is 1. The highest BCUT2D eigenvalue weighted by atomic mass is 32.1.